The molecule has 0 aliphatic rings. The first-order chi connectivity index (χ1) is 6.63. The predicted octanol–water partition coefficient (Wildman–Crippen LogP) is 0.857. The van der Waals surface area contributed by atoms with E-state index in [0.717, 1.165) is 18.7 Å². The summed E-state index contributed by atoms with van der Waals surface area (Å²) in [4.78, 5) is 18.0. The first-order valence-corrected chi connectivity index (χ1v) is 4.56. The van der Waals surface area contributed by atoms with Gasteiger partial charge >= 0.3 is 5.97 Å². The minimum atomic E-state index is -1.10. The Morgan fingerprint density at radius 2 is 2.50 bits per heavy atom. The van der Waals surface area contributed by atoms with E-state index in [1.165, 1.54) is 13.1 Å². The zero-order valence-electron chi connectivity index (χ0n) is 8.28. The van der Waals surface area contributed by atoms with Gasteiger partial charge in [0.25, 0.3) is 0 Å². The summed E-state index contributed by atoms with van der Waals surface area (Å²) >= 11 is 0. The normalized spacial score (nSPS) is 12.5. The summed E-state index contributed by atoms with van der Waals surface area (Å²) in [5, 5.41) is 8.82. The van der Waals surface area contributed by atoms with Crippen LogP contribution in [0.25, 0.3) is 0 Å². The molecule has 1 aromatic rings. The summed E-state index contributed by atoms with van der Waals surface area (Å²) in [7, 11) is 0. The number of carbonyl (C=O) groups excluding carboxylic acids is 1. The third-order valence-corrected chi connectivity index (χ3v) is 1.61. The minimum Gasteiger partial charge on any atom is -0.432 e. The second kappa shape index (κ2) is 4.76. The van der Waals surface area contributed by atoms with Crippen molar-refractivity contribution >= 4 is 5.97 Å². The summed E-state index contributed by atoms with van der Waals surface area (Å²) in [6.45, 7) is 3.40. The van der Waals surface area contributed by atoms with Crippen molar-refractivity contribution in [3.63, 3.8) is 0 Å². The lowest BCUT2D eigenvalue weighted by Gasteiger charge is -2.04. The molecule has 0 aliphatic carbocycles. The van der Waals surface area contributed by atoms with Crippen molar-refractivity contribution in [3.8, 4) is 0 Å². The van der Waals surface area contributed by atoms with Crippen LogP contribution in [0.15, 0.2) is 6.20 Å². The van der Waals surface area contributed by atoms with E-state index in [0.29, 0.717) is 0 Å². The number of carbonyl (C=O) groups is 1. The fourth-order valence-electron chi connectivity index (χ4n) is 1.05. The molecule has 1 heterocycles. The Labute approximate surface area is 82.1 Å². The standard InChI is InChI=1S/C9H14N2O3/c1-3-4-8-10-5-7(11-8)9(13)14-6(2)12/h5-6,12H,3-4H2,1-2H3,(H,10,11). The Morgan fingerprint density at radius 3 is 3.07 bits per heavy atom. The first kappa shape index (κ1) is 10.7. The highest BCUT2D eigenvalue weighted by Crippen LogP contribution is 2.02. The molecule has 0 bridgehead atoms. The predicted molar refractivity (Wildman–Crippen MR) is 49.7 cm³/mol. The quantitative estimate of drug-likeness (QED) is 0.555. The SMILES string of the molecule is CCCc1ncc(C(=O)OC(C)O)[nH]1. The Morgan fingerprint density at radius 1 is 1.79 bits per heavy atom. The third-order valence-electron chi connectivity index (χ3n) is 1.61. The summed E-state index contributed by atoms with van der Waals surface area (Å²) in [5.74, 6) is 0.167. The van der Waals surface area contributed by atoms with Crippen LogP contribution in [0.5, 0.6) is 0 Å². The molecule has 2 N–H and O–H groups in total. The highest BCUT2D eigenvalue weighted by molar-refractivity contribution is 5.87. The van der Waals surface area contributed by atoms with Gasteiger partial charge in [-0.05, 0) is 13.3 Å². The van der Waals surface area contributed by atoms with Crippen molar-refractivity contribution in [3.05, 3.63) is 17.7 Å². The topological polar surface area (TPSA) is 75.2 Å². The van der Waals surface area contributed by atoms with Crippen LogP contribution < -0.4 is 0 Å². The van der Waals surface area contributed by atoms with E-state index in [9.17, 15) is 4.79 Å². The van der Waals surface area contributed by atoms with Gasteiger partial charge in [-0.3, -0.25) is 0 Å². The van der Waals surface area contributed by atoms with Crippen molar-refractivity contribution in [2.45, 2.75) is 33.0 Å². The van der Waals surface area contributed by atoms with E-state index >= 15 is 0 Å². The molecule has 5 nitrogen and oxygen atoms in total. The fraction of sp³-hybridized carbons (Fsp3) is 0.556. The molecule has 1 aromatic heterocycles. The molecule has 0 saturated heterocycles. The van der Waals surface area contributed by atoms with Gasteiger partial charge in [0.1, 0.15) is 11.5 Å². The van der Waals surface area contributed by atoms with Crippen molar-refractivity contribution in [1.82, 2.24) is 9.97 Å². The first-order valence-electron chi connectivity index (χ1n) is 4.56. The lowest BCUT2D eigenvalue weighted by molar-refractivity contribution is -0.0527. The van der Waals surface area contributed by atoms with Crippen LogP contribution in [0.2, 0.25) is 0 Å². The molecule has 0 spiro atoms. The monoisotopic (exact) mass is 198 g/mol. The number of hydrogen-bond acceptors (Lipinski definition) is 4. The fourth-order valence-corrected chi connectivity index (χ4v) is 1.05. The molecule has 0 fully saturated rings. The van der Waals surface area contributed by atoms with E-state index in [2.05, 4.69) is 14.7 Å². The smallest absolute Gasteiger partial charge is 0.358 e. The van der Waals surface area contributed by atoms with Crippen molar-refractivity contribution in [2.75, 3.05) is 0 Å². The number of H-pyrrole nitrogens is 1. The number of rotatable bonds is 4. The van der Waals surface area contributed by atoms with Crippen LogP contribution in [0.3, 0.4) is 0 Å². The molecule has 14 heavy (non-hydrogen) atoms. The van der Waals surface area contributed by atoms with Crippen LogP contribution in [-0.2, 0) is 11.2 Å². The number of aliphatic hydroxyl groups is 1. The molecule has 0 aliphatic heterocycles. The van der Waals surface area contributed by atoms with Gasteiger partial charge in [-0.25, -0.2) is 9.78 Å². The molecule has 1 unspecified atom stereocenters. The molecule has 1 atom stereocenters. The molecular formula is C9H14N2O3. The number of ether oxygens (including phenoxy) is 1. The van der Waals surface area contributed by atoms with Crippen molar-refractivity contribution < 1.29 is 14.6 Å². The van der Waals surface area contributed by atoms with Crippen LogP contribution in [0.4, 0.5) is 0 Å². The molecular weight excluding hydrogens is 184 g/mol. The number of aromatic nitrogens is 2. The van der Waals surface area contributed by atoms with Crippen LogP contribution >= 0.6 is 0 Å². The largest absolute Gasteiger partial charge is 0.432 e. The van der Waals surface area contributed by atoms with Gasteiger partial charge in [-0.2, -0.15) is 0 Å². The second-order valence-corrected chi connectivity index (χ2v) is 3.00. The summed E-state index contributed by atoms with van der Waals surface area (Å²) in [5.41, 5.74) is 0.273. The van der Waals surface area contributed by atoms with Crippen LogP contribution in [0, 0.1) is 0 Å². The maximum Gasteiger partial charge on any atom is 0.358 e. The summed E-state index contributed by atoms with van der Waals surface area (Å²) in [6, 6.07) is 0. The van der Waals surface area contributed by atoms with Gasteiger partial charge < -0.3 is 14.8 Å². The molecule has 1 rings (SSSR count). The van der Waals surface area contributed by atoms with Crippen molar-refractivity contribution in [1.29, 1.82) is 0 Å². The third kappa shape index (κ3) is 2.85. The highest BCUT2D eigenvalue weighted by atomic mass is 16.6. The summed E-state index contributed by atoms with van der Waals surface area (Å²) in [6.07, 6.45) is 2.07. The second-order valence-electron chi connectivity index (χ2n) is 3.00. The summed E-state index contributed by atoms with van der Waals surface area (Å²) < 4.78 is 4.57. The molecule has 0 aromatic carbocycles. The number of esters is 1. The average molecular weight is 198 g/mol. The molecule has 0 amide bonds. The van der Waals surface area contributed by atoms with Crippen molar-refractivity contribution in [2.24, 2.45) is 0 Å². The number of nitrogens with zero attached hydrogens (tertiary/aromatic N) is 1. The average Bonchev–Trinajstić information content (AvgIpc) is 2.52. The van der Waals surface area contributed by atoms with Gasteiger partial charge in [0.15, 0.2) is 6.29 Å². The zero-order chi connectivity index (χ0) is 10.6. The number of imidazole rings is 1. The highest BCUT2D eigenvalue weighted by Gasteiger charge is 2.12. The number of aryl methyl sites for hydroxylation is 1. The lowest BCUT2D eigenvalue weighted by Crippen LogP contribution is -2.14. The zero-order valence-corrected chi connectivity index (χ0v) is 8.28. The molecule has 0 radical (unpaired) electrons. The van der Waals surface area contributed by atoms with Gasteiger partial charge in [-0.15, -0.1) is 0 Å². The number of nitrogens with one attached hydrogen (secondary N) is 1. The Kier molecular flexibility index (Phi) is 3.64. The van der Waals surface area contributed by atoms with E-state index in [1.807, 2.05) is 6.92 Å². The van der Waals surface area contributed by atoms with Crippen LogP contribution in [-0.4, -0.2) is 27.3 Å². The Hall–Kier alpha value is -1.36. The molecule has 0 saturated carbocycles. The van der Waals surface area contributed by atoms with Gasteiger partial charge in [-0.1, -0.05) is 6.92 Å². The molecule has 5 heteroatoms. The van der Waals surface area contributed by atoms with Gasteiger partial charge in [0.2, 0.25) is 0 Å². The Balaban J connectivity index is 2.62. The van der Waals surface area contributed by atoms with E-state index in [-0.39, 0.29) is 5.69 Å². The molecule has 78 valence electrons. The maximum absolute atomic E-state index is 11.2. The van der Waals surface area contributed by atoms with E-state index in [4.69, 9.17) is 5.11 Å². The Bertz CT molecular complexity index is 307. The number of hydrogen-bond donors (Lipinski definition) is 2. The number of aliphatic hydroxyl groups excluding tert-OH is 1. The minimum absolute atomic E-state index is 0.273. The lowest BCUT2D eigenvalue weighted by atomic mass is 10.3. The van der Waals surface area contributed by atoms with E-state index in [1.54, 1.807) is 0 Å². The van der Waals surface area contributed by atoms with E-state index < -0.39 is 12.3 Å². The maximum atomic E-state index is 11.2. The number of aromatic amines is 1. The van der Waals surface area contributed by atoms with Gasteiger partial charge in [0.05, 0.1) is 6.20 Å². The van der Waals surface area contributed by atoms with Gasteiger partial charge in [0, 0.05) is 6.42 Å². The van der Waals surface area contributed by atoms with Crippen LogP contribution in [0.1, 0.15) is 36.6 Å².